The van der Waals surface area contributed by atoms with Crippen molar-refractivity contribution in [3.8, 4) is 0 Å². The lowest BCUT2D eigenvalue weighted by Gasteiger charge is -2.28. The predicted octanol–water partition coefficient (Wildman–Crippen LogP) is -2.98. The van der Waals surface area contributed by atoms with Gasteiger partial charge in [0.2, 0.25) is 5.78 Å². The average molecular weight is 271 g/mol. The minimum absolute atomic E-state index is 0. The van der Waals surface area contributed by atoms with Gasteiger partial charge in [-0.3, -0.25) is 10.2 Å². The zero-order valence-electron chi connectivity index (χ0n) is 8.66. The molecule has 0 aliphatic heterocycles. The summed E-state index contributed by atoms with van der Waals surface area (Å²) in [5.41, 5.74) is 3.05. The monoisotopic (exact) mass is 270 g/mol. The fourth-order valence-corrected chi connectivity index (χ4v) is 1.93. The van der Waals surface area contributed by atoms with Crippen molar-refractivity contribution in [3.63, 3.8) is 0 Å². The summed E-state index contributed by atoms with van der Waals surface area (Å²) in [6.07, 6.45) is 1.76. The van der Waals surface area contributed by atoms with Gasteiger partial charge in [-0.25, -0.2) is 0 Å². The van der Waals surface area contributed by atoms with E-state index in [4.69, 9.17) is 5.84 Å². The van der Waals surface area contributed by atoms with E-state index in [0.717, 1.165) is 24.0 Å². The summed E-state index contributed by atoms with van der Waals surface area (Å²) in [4.78, 5) is 12.1. The molecule has 15 heavy (non-hydrogen) atoms. The summed E-state index contributed by atoms with van der Waals surface area (Å²) in [6, 6.07) is 7.78. The molecule has 0 spiro atoms. The number of nitrogens with two attached hydrogens (primary N) is 2. The van der Waals surface area contributed by atoms with Crippen LogP contribution in [-0.2, 0) is 6.42 Å². The maximum absolute atomic E-state index is 12.1. The second-order valence-electron chi connectivity index (χ2n) is 4.07. The molecule has 0 saturated carbocycles. The standard InChI is InChI=1S/C11H14N2O.BrH/c1-11(13-12)7-6-8-4-2-3-5-9(8)10(11)14;/h2-5,13H,6-7,12H2,1H3;1H/t11-;/m0./s1. The topological polar surface area (TPSA) is 59.7 Å². The molecule has 82 valence electrons. The number of hydrogen-bond donors (Lipinski definition) is 2. The summed E-state index contributed by atoms with van der Waals surface area (Å²) < 4.78 is 0. The van der Waals surface area contributed by atoms with E-state index in [1.807, 2.05) is 31.2 Å². The molecule has 1 aromatic rings. The number of benzene rings is 1. The number of ketones is 1. The lowest BCUT2D eigenvalue weighted by atomic mass is 9.78. The minimum Gasteiger partial charge on any atom is -1.00 e. The van der Waals surface area contributed by atoms with Crippen LogP contribution in [0.5, 0.6) is 0 Å². The number of carbonyl (C=O) groups excluding carboxylic acids is 1. The molecule has 0 bridgehead atoms. The van der Waals surface area contributed by atoms with Crippen molar-refractivity contribution in [2.45, 2.75) is 25.3 Å². The van der Waals surface area contributed by atoms with Crippen molar-refractivity contribution in [1.82, 2.24) is 0 Å². The third-order valence-corrected chi connectivity index (χ3v) is 3.06. The van der Waals surface area contributed by atoms with Crippen molar-refractivity contribution in [2.75, 3.05) is 0 Å². The van der Waals surface area contributed by atoms with Gasteiger partial charge in [0, 0.05) is 18.9 Å². The van der Waals surface area contributed by atoms with Crippen LogP contribution in [0.2, 0.25) is 0 Å². The number of aryl methyl sites for hydroxylation is 1. The number of fused-ring (bicyclic) bond motifs is 1. The van der Waals surface area contributed by atoms with E-state index < -0.39 is 5.54 Å². The number of hydrogen-bond acceptors (Lipinski definition) is 2. The summed E-state index contributed by atoms with van der Waals surface area (Å²) in [6.45, 7) is 1.91. The first kappa shape index (κ1) is 12.4. The molecule has 1 atom stereocenters. The normalized spacial score (nSPS) is 24.3. The molecule has 1 aromatic carbocycles. The van der Waals surface area contributed by atoms with Gasteiger partial charge in [0.25, 0.3) is 0 Å². The Hall–Kier alpha value is -0.710. The van der Waals surface area contributed by atoms with Crippen molar-refractivity contribution in [3.05, 3.63) is 35.4 Å². The maximum Gasteiger partial charge on any atom is 0.224 e. The van der Waals surface area contributed by atoms with E-state index in [9.17, 15) is 4.79 Å². The van der Waals surface area contributed by atoms with E-state index in [1.165, 1.54) is 5.43 Å². The second-order valence-corrected chi connectivity index (χ2v) is 4.07. The Labute approximate surface area is 99.8 Å². The Morgan fingerprint density at radius 3 is 2.73 bits per heavy atom. The Morgan fingerprint density at radius 2 is 2.07 bits per heavy atom. The number of carbonyl (C=O) groups is 1. The van der Waals surface area contributed by atoms with Crippen molar-refractivity contribution in [2.24, 2.45) is 5.84 Å². The first-order chi connectivity index (χ1) is 6.67. The smallest absolute Gasteiger partial charge is 0.224 e. The molecule has 1 aliphatic carbocycles. The van der Waals surface area contributed by atoms with Crippen LogP contribution in [-0.4, -0.2) is 11.3 Å². The highest BCUT2D eigenvalue weighted by Gasteiger charge is 2.40. The zero-order valence-corrected chi connectivity index (χ0v) is 10.3. The number of rotatable bonds is 1. The first-order valence-corrected chi connectivity index (χ1v) is 4.86. The van der Waals surface area contributed by atoms with Gasteiger partial charge in [0.1, 0.15) is 0 Å². The second kappa shape index (κ2) is 4.43. The Morgan fingerprint density at radius 1 is 1.40 bits per heavy atom. The molecule has 2 rings (SSSR count). The van der Waals surface area contributed by atoms with E-state index >= 15 is 0 Å². The molecule has 0 fully saturated rings. The molecule has 4 heteroatoms. The molecule has 3 nitrogen and oxygen atoms in total. The van der Waals surface area contributed by atoms with E-state index in [2.05, 4.69) is 0 Å². The predicted molar refractivity (Wildman–Crippen MR) is 53.6 cm³/mol. The molecule has 1 aliphatic rings. The van der Waals surface area contributed by atoms with Gasteiger partial charge in [0.15, 0.2) is 5.54 Å². The summed E-state index contributed by atoms with van der Waals surface area (Å²) >= 11 is 0. The van der Waals surface area contributed by atoms with Gasteiger partial charge in [-0.1, -0.05) is 24.3 Å². The number of Topliss-reactive ketones (excluding diaryl/α,β-unsaturated/α-hetero) is 1. The van der Waals surface area contributed by atoms with Crippen LogP contribution >= 0.6 is 0 Å². The van der Waals surface area contributed by atoms with Crippen LogP contribution in [0, 0.1) is 0 Å². The number of quaternary nitrogens is 1. The highest BCUT2D eigenvalue weighted by Crippen LogP contribution is 2.25. The minimum atomic E-state index is -0.464. The van der Waals surface area contributed by atoms with Crippen LogP contribution in [0.15, 0.2) is 24.3 Å². The van der Waals surface area contributed by atoms with Gasteiger partial charge >= 0.3 is 0 Å². The van der Waals surface area contributed by atoms with Crippen LogP contribution in [0.1, 0.15) is 29.3 Å². The van der Waals surface area contributed by atoms with E-state index in [0.29, 0.717) is 0 Å². The fraction of sp³-hybridized carbons (Fsp3) is 0.364. The van der Waals surface area contributed by atoms with Gasteiger partial charge in [-0.2, -0.15) is 5.84 Å². The van der Waals surface area contributed by atoms with Gasteiger partial charge in [-0.05, 0) is 12.0 Å². The molecule has 0 aromatic heterocycles. The van der Waals surface area contributed by atoms with Gasteiger partial charge < -0.3 is 17.0 Å². The fourth-order valence-electron chi connectivity index (χ4n) is 1.93. The first-order valence-electron chi connectivity index (χ1n) is 4.86. The van der Waals surface area contributed by atoms with Crippen LogP contribution in [0.3, 0.4) is 0 Å². The largest absolute Gasteiger partial charge is 1.00 e. The third kappa shape index (κ3) is 1.97. The average Bonchev–Trinajstić information content (AvgIpc) is 2.24. The molecule has 0 amide bonds. The van der Waals surface area contributed by atoms with Crippen molar-refractivity contribution < 1.29 is 27.2 Å². The molecule has 0 saturated heterocycles. The van der Waals surface area contributed by atoms with Crippen LogP contribution in [0.25, 0.3) is 0 Å². The Bertz CT molecular complexity index is 381. The SMILES string of the molecule is C[C@]1([NH2+]N)CCc2ccccc2C1=O.[Br-]. The third-order valence-electron chi connectivity index (χ3n) is 3.06. The maximum atomic E-state index is 12.1. The Balaban J connectivity index is 0.00000112. The number of halogens is 1. The van der Waals surface area contributed by atoms with Crippen LogP contribution < -0.4 is 28.2 Å². The van der Waals surface area contributed by atoms with Gasteiger partial charge in [0.05, 0.1) is 0 Å². The lowest BCUT2D eigenvalue weighted by molar-refractivity contribution is -0.721. The quantitative estimate of drug-likeness (QED) is 0.423. The lowest BCUT2D eigenvalue weighted by Crippen LogP contribution is -3.03. The van der Waals surface area contributed by atoms with Crippen LogP contribution in [0.4, 0.5) is 0 Å². The van der Waals surface area contributed by atoms with Crippen molar-refractivity contribution in [1.29, 1.82) is 0 Å². The highest BCUT2D eigenvalue weighted by molar-refractivity contribution is 6.04. The Kier molecular flexibility index (Phi) is 3.65. The summed E-state index contributed by atoms with van der Waals surface area (Å²) in [5, 5.41) is 0. The molecule has 0 heterocycles. The summed E-state index contributed by atoms with van der Waals surface area (Å²) in [5.74, 6) is 5.69. The molecular weight excluding hydrogens is 256 g/mol. The van der Waals surface area contributed by atoms with Crippen molar-refractivity contribution >= 4 is 5.78 Å². The van der Waals surface area contributed by atoms with E-state index in [-0.39, 0.29) is 22.8 Å². The molecular formula is C11H15BrN2O. The van der Waals surface area contributed by atoms with E-state index in [1.54, 1.807) is 0 Å². The molecule has 0 unspecified atom stereocenters. The van der Waals surface area contributed by atoms with Gasteiger partial charge in [-0.15, -0.1) is 0 Å². The molecule has 0 radical (unpaired) electrons. The summed E-state index contributed by atoms with van der Waals surface area (Å²) in [7, 11) is 0. The highest BCUT2D eigenvalue weighted by atomic mass is 79.9. The zero-order chi connectivity index (χ0) is 10.2. The molecule has 4 N–H and O–H groups in total.